The van der Waals surface area contributed by atoms with E-state index in [-0.39, 0.29) is 11.8 Å². The largest absolute Gasteiger partial charge is 0.494 e. The van der Waals surface area contributed by atoms with E-state index in [1.807, 2.05) is 31.2 Å². The number of carbonyl (C=O) groups excluding carboxylic acids is 1. The van der Waals surface area contributed by atoms with Gasteiger partial charge in [0.15, 0.2) is 5.01 Å². The maximum atomic E-state index is 12.5. The lowest BCUT2D eigenvalue weighted by Crippen LogP contribution is -2.23. The highest BCUT2D eigenvalue weighted by Crippen LogP contribution is 2.24. The van der Waals surface area contributed by atoms with Gasteiger partial charge in [-0.2, -0.15) is 4.98 Å². The highest BCUT2D eigenvalue weighted by molar-refractivity contribution is 7.12. The van der Waals surface area contributed by atoms with Gasteiger partial charge in [0.25, 0.3) is 11.8 Å². The third-order valence-corrected chi connectivity index (χ3v) is 4.83. The Morgan fingerprint density at radius 3 is 2.83 bits per heavy atom. The molecule has 3 heterocycles. The Morgan fingerprint density at radius 2 is 2.00 bits per heavy atom. The van der Waals surface area contributed by atoms with Crippen LogP contribution >= 0.6 is 11.3 Å². The van der Waals surface area contributed by atoms with Crippen molar-refractivity contribution >= 4 is 17.2 Å². The second-order valence-corrected chi connectivity index (χ2v) is 6.78. The van der Waals surface area contributed by atoms with E-state index < -0.39 is 0 Å². The van der Waals surface area contributed by atoms with Crippen LogP contribution in [-0.2, 0) is 6.54 Å². The first kappa shape index (κ1) is 18.8. The number of carbonyl (C=O) groups is 1. The van der Waals surface area contributed by atoms with Gasteiger partial charge in [0.1, 0.15) is 11.4 Å². The van der Waals surface area contributed by atoms with E-state index in [4.69, 9.17) is 9.26 Å². The van der Waals surface area contributed by atoms with Crippen LogP contribution in [0.25, 0.3) is 23.0 Å². The molecular formula is C20H17N5O3S. The van der Waals surface area contributed by atoms with E-state index in [1.54, 1.807) is 29.9 Å². The fourth-order valence-corrected chi connectivity index (χ4v) is 3.33. The highest BCUT2D eigenvalue weighted by Gasteiger charge is 2.17. The quantitative estimate of drug-likeness (QED) is 0.499. The summed E-state index contributed by atoms with van der Waals surface area (Å²) < 4.78 is 10.9. The molecule has 0 spiro atoms. The zero-order chi connectivity index (χ0) is 20.1. The molecule has 146 valence electrons. The van der Waals surface area contributed by atoms with Crippen LogP contribution in [0.5, 0.6) is 5.75 Å². The average Bonchev–Trinajstić information content (AvgIpc) is 3.44. The van der Waals surface area contributed by atoms with Crippen molar-refractivity contribution in [1.82, 2.24) is 25.4 Å². The molecule has 0 atom stereocenters. The minimum absolute atomic E-state index is 0.258. The summed E-state index contributed by atoms with van der Waals surface area (Å²) in [5.41, 5.74) is 2.15. The third kappa shape index (κ3) is 4.30. The van der Waals surface area contributed by atoms with Gasteiger partial charge < -0.3 is 14.6 Å². The lowest BCUT2D eigenvalue weighted by atomic mass is 10.2. The molecule has 4 rings (SSSR count). The number of amides is 1. The Bertz CT molecular complexity index is 1110. The van der Waals surface area contributed by atoms with Gasteiger partial charge >= 0.3 is 0 Å². The summed E-state index contributed by atoms with van der Waals surface area (Å²) in [4.78, 5) is 25.1. The number of hydrogen-bond acceptors (Lipinski definition) is 8. The van der Waals surface area contributed by atoms with Gasteiger partial charge in [0.05, 0.1) is 6.61 Å². The number of thiazole rings is 1. The molecule has 0 unspecified atom stereocenters. The molecule has 4 aromatic rings. The summed E-state index contributed by atoms with van der Waals surface area (Å²) in [6.07, 6.45) is 3.31. The predicted octanol–water partition coefficient (Wildman–Crippen LogP) is 3.58. The molecule has 0 saturated heterocycles. The Hall–Kier alpha value is -3.59. The summed E-state index contributed by atoms with van der Waals surface area (Å²) in [5, 5.41) is 8.85. The number of benzene rings is 1. The molecule has 0 saturated carbocycles. The molecule has 0 aliphatic carbocycles. The van der Waals surface area contributed by atoms with Gasteiger partial charge in [-0.1, -0.05) is 23.4 Å². The van der Waals surface area contributed by atoms with Crippen molar-refractivity contribution in [3.05, 3.63) is 64.7 Å². The van der Waals surface area contributed by atoms with E-state index >= 15 is 0 Å². The van der Waals surface area contributed by atoms with Gasteiger partial charge in [-0.15, -0.1) is 11.3 Å². The van der Waals surface area contributed by atoms with E-state index in [2.05, 4.69) is 25.4 Å². The Morgan fingerprint density at radius 1 is 1.17 bits per heavy atom. The molecule has 0 fully saturated rings. The third-order valence-electron chi connectivity index (χ3n) is 3.99. The number of ether oxygens (including phenoxy) is 1. The number of rotatable bonds is 7. The van der Waals surface area contributed by atoms with Crippen LogP contribution in [0.4, 0.5) is 0 Å². The van der Waals surface area contributed by atoms with Crippen LogP contribution in [0.3, 0.4) is 0 Å². The maximum Gasteiger partial charge on any atom is 0.280 e. The number of aromatic nitrogens is 4. The second kappa shape index (κ2) is 8.61. The summed E-state index contributed by atoms with van der Waals surface area (Å²) in [6.45, 7) is 2.83. The number of nitrogens with one attached hydrogen (secondary N) is 1. The molecule has 3 aromatic heterocycles. The monoisotopic (exact) mass is 407 g/mol. The molecule has 0 aliphatic rings. The van der Waals surface area contributed by atoms with Gasteiger partial charge in [-0.25, -0.2) is 4.98 Å². The van der Waals surface area contributed by atoms with E-state index in [0.717, 1.165) is 16.9 Å². The smallest absolute Gasteiger partial charge is 0.280 e. The number of pyridine rings is 1. The van der Waals surface area contributed by atoms with Crippen molar-refractivity contribution in [1.29, 1.82) is 0 Å². The van der Waals surface area contributed by atoms with Crippen LogP contribution in [0.1, 0.15) is 22.3 Å². The van der Waals surface area contributed by atoms with E-state index in [1.165, 1.54) is 11.3 Å². The van der Waals surface area contributed by atoms with Crippen LogP contribution in [0.15, 0.2) is 58.7 Å². The summed E-state index contributed by atoms with van der Waals surface area (Å²) in [6, 6.07) is 11.2. The van der Waals surface area contributed by atoms with Crippen molar-refractivity contribution < 1.29 is 14.1 Å². The Labute approximate surface area is 170 Å². The van der Waals surface area contributed by atoms with Crippen LogP contribution in [0.2, 0.25) is 0 Å². The maximum absolute atomic E-state index is 12.5. The minimum Gasteiger partial charge on any atom is -0.494 e. The van der Waals surface area contributed by atoms with Crippen LogP contribution in [-0.4, -0.2) is 32.6 Å². The van der Waals surface area contributed by atoms with Gasteiger partial charge in [0, 0.05) is 35.4 Å². The average molecular weight is 407 g/mol. The second-order valence-electron chi connectivity index (χ2n) is 5.92. The normalized spacial score (nSPS) is 10.7. The molecule has 9 heteroatoms. The lowest BCUT2D eigenvalue weighted by molar-refractivity contribution is 0.0950. The van der Waals surface area contributed by atoms with Crippen molar-refractivity contribution in [2.24, 2.45) is 0 Å². The predicted molar refractivity (Wildman–Crippen MR) is 107 cm³/mol. The fourth-order valence-electron chi connectivity index (χ4n) is 2.62. The lowest BCUT2D eigenvalue weighted by Gasteiger charge is -2.10. The molecule has 1 aromatic carbocycles. The van der Waals surface area contributed by atoms with E-state index in [9.17, 15) is 4.79 Å². The van der Waals surface area contributed by atoms with Crippen LogP contribution in [0, 0.1) is 0 Å². The van der Waals surface area contributed by atoms with Crippen molar-refractivity contribution in [2.45, 2.75) is 13.5 Å². The molecule has 1 N–H and O–H groups in total. The summed E-state index contributed by atoms with van der Waals surface area (Å²) in [5.74, 6) is 1.17. The standard InChI is InChI=1S/C20H17N5O3S/c1-2-27-16-6-4-3-5-14(16)11-22-18(26)20-23-15(12-29-20)19-24-17(25-28-19)13-7-9-21-10-8-13/h3-10,12H,2,11H2,1H3,(H,22,26). The number of hydrogen-bond donors (Lipinski definition) is 1. The topological polar surface area (TPSA) is 103 Å². The SMILES string of the molecule is CCOc1ccccc1CNC(=O)c1nc(-c2nc(-c3ccncc3)no2)cs1. The van der Waals surface area contributed by atoms with Gasteiger partial charge in [-0.05, 0) is 25.1 Å². The first-order valence-electron chi connectivity index (χ1n) is 8.93. The van der Waals surface area contributed by atoms with Gasteiger partial charge in [-0.3, -0.25) is 9.78 Å². The highest BCUT2D eigenvalue weighted by atomic mass is 32.1. The van der Waals surface area contributed by atoms with Gasteiger partial charge in [0.2, 0.25) is 5.82 Å². The molecule has 1 amide bonds. The minimum atomic E-state index is -0.276. The van der Waals surface area contributed by atoms with Crippen molar-refractivity contribution in [3.8, 4) is 28.7 Å². The zero-order valence-corrected chi connectivity index (χ0v) is 16.3. The number of nitrogens with zero attached hydrogens (tertiary/aromatic N) is 4. The Balaban J connectivity index is 1.44. The zero-order valence-electron chi connectivity index (χ0n) is 15.5. The number of para-hydroxylation sites is 1. The molecule has 0 radical (unpaired) electrons. The van der Waals surface area contributed by atoms with Crippen molar-refractivity contribution in [2.75, 3.05) is 6.61 Å². The molecule has 0 aliphatic heterocycles. The molecular weight excluding hydrogens is 390 g/mol. The Kier molecular flexibility index (Phi) is 5.57. The van der Waals surface area contributed by atoms with Crippen molar-refractivity contribution in [3.63, 3.8) is 0 Å². The molecule has 8 nitrogen and oxygen atoms in total. The summed E-state index contributed by atoms with van der Waals surface area (Å²) >= 11 is 1.21. The molecule has 29 heavy (non-hydrogen) atoms. The first-order chi connectivity index (χ1) is 14.2. The fraction of sp³-hybridized carbons (Fsp3) is 0.150. The van der Waals surface area contributed by atoms with Crippen LogP contribution < -0.4 is 10.1 Å². The molecule has 0 bridgehead atoms. The van der Waals surface area contributed by atoms with E-state index in [0.29, 0.717) is 29.7 Å². The summed E-state index contributed by atoms with van der Waals surface area (Å²) in [7, 11) is 0. The first-order valence-corrected chi connectivity index (χ1v) is 9.81.